The van der Waals surface area contributed by atoms with Gasteiger partial charge in [0.05, 0.1) is 34.7 Å². The van der Waals surface area contributed by atoms with Gasteiger partial charge < -0.3 is 128 Å². The number of halogens is 5. The van der Waals surface area contributed by atoms with Gasteiger partial charge in [0, 0.05) is 41.3 Å². The Morgan fingerprint density at radius 1 is 0.720 bits per heavy atom. The van der Waals surface area contributed by atoms with Gasteiger partial charge in [0.25, 0.3) is 0 Å². The Morgan fingerprint density at radius 2 is 1.32 bits per heavy atom. The van der Waals surface area contributed by atoms with E-state index in [1.807, 2.05) is 0 Å². The summed E-state index contributed by atoms with van der Waals surface area (Å²) in [6.45, 7) is 5.17. The Kier molecular flexibility index (Phi) is 23.7. The molecule has 7 heterocycles. The number of aliphatic hydroxyl groups is 5. The number of carboxylic acids is 1. The van der Waals surface area contributed by atoms with Gasteiger partial charge in [-0.3, -0.25) is 38.4 Å². The number of rotatable bonds is 14. The molecule has 0 spiro atoms. The molecule has 5 aromatic carbocycles. The fourth-order valence-corrected chi connectivity index (χ4v) is 13.3. The standard InChI is InChI=1S/C68H75Cl2F3N10O24/c1-23(2)12-34(76-5)58(93)82-49-51(88)26-7-10-38(32(69)14-26)103-40-16-28-17-41(55(40)107-65-56(106-44-21-67(4,75)57(92)24(3)102-44)54(91)53(90)42(105-65)22-77-66(101)68(71,72)73)104-39-11-8-27(15-33(39)70)52(89)50-63(98)81-48(64(99)100)31-18-29(84)19-37(86)45(31)30-13-25(6-9-36(30)85)46(60(95)83-50)80-61(96)47(28)79-59(94)35(20-43(74)87)78-62(49)97/h6-11,13-19,23-24,34-35,42,44,46-54,56-57,65,76,84-86,88-92H,12,20-22,75H2,1-5H3,(H2,74,87)(H,77,101)(H,78,97)(H,79,94)(H,80,96)(H,81,98)(H,82,93)(H,83,95)(H,99,100)/t24?,34-,35-,42?,44?,46?,47?,48+,49+,50-,51+,52+,53?,54?,56?,57?,65?,67?/m0/s1. The van der Waals surface area contributed by atoms with Gasteiger partial charge in [-0.05, 0) is 110 Å². The molecule has 107 heavy (non-hydrogen) atoms. The molecule has 0 aliphatic carbocycles. The predicted octanol–water partition coefficient (Wildman–Crippen LogP) is 0.792. The van der Waals surface area contributed by atoms with Gasteiger partial charge in [0.1, 0.15) is 89.5 Å². The van der Waals surface area contributed by atoms with Gasteiger partial charge in [0.15, 0.2) is 29.9 Å². The highest BCUT2D eigenvalue weighted by Crippen LogP contribution is 2.50. The molecule has 12 rings (SSSR count). The van der Waals surface area contributed by atoms with E-state index in [1.165, 1.54) is 20.9 Å². The number of phenols is 3. The molecule has 34 nitrogen and oxygen atoms in total. The number of aliphatic hydroxyl groups excluding tert-OH is 5. The summed E-state index contributed by atoms with van der Waals surface area (Å²) in [5.74, 6) is -19.9. The maximum Gasteiger partial charge on any atom is 0.471 e. The molecule has 5 aromatic rings. The lowest BCUT2D eigenvalue weighted by molar-refractivity contribution is -0.330. The van der Waals surface area contributed by atoms with Crippen molar-refractivity contribution in [3.8, 4) is 57.1 Å². The molecule has 0 radical (unpaired) electrons. The summed E-state index contributed by atoms with van der Waals surface area (Å²) >= 11 is 14.1. The third kappa shape index (κ3) is 17.4. The zero-order valence-corrected chi connectivity index (χ0v) is 58.4. The van der Waals surface area contributed by atoms with Crippen LogP contribution in [0.25, 0.3) is 11.1 Å². The molecule has 2 fully saturated rings. The van der Waals surface area contributed by atoms with Gasteiger partial charge in [-0.2, -0.15) is 13.2 Å². The summed E-state index contributed by atoms with van der Waals surface area (Å²) in [7, 11) is 1.44. The maximum atomic E-state index is 16.1. The number of benzene rings is 5. The van der Waals surface area contributed by atoms with Crippen molar-refractivity contribution in [3.05, 3.63) is 117 Å². The van der Waals surface area contributed by atoms with E-state index >= 15 is 14.4 Å². The van der Waals surface area contributed by atoms with E-state index in [2.05, 4.69) is 37.2 Å². The number of nitrogens with one attached hydrogen (secondary N) is 8. The first-order valence-corrected chi connectivity index (χ1v) is 33.7. The van der Waals surface area contributed by atoms with Crippen LogP contribution >= 0.6 is 23.2 Å². The lowest BCUT2D eigenvalue weighted by atomic mass is 9.86. The highest BCUT2D eigenvalue weighted by molar-refractivity contribution is 6.32. The lowest BCUT2D eigenvalue weighted by Gasteiger charge is -2.47. The Hall–Kier alpha value is -9.90. The second-order valence-corrected chi connectivity index (χ2v) is 27.6. The summed E-state index contributed by atoms with van der Waals surface area (Å²) in [5.41, 5.74) is 7.39. The van der Waals surface area contributed by atoms with Gasteiger partial charge >= 0.3 is 18.1 Å². The number of hydrogen-bond donors (Lipinski definition) is 19. The van der Waals surface area contributed by atoms with Crippen LogP contribution in [0.5, 0.6) is 46.0 Å². The highest BCUT2D eigenvalue weighted by Gasteiger charge is 2.52. The van der Waals surface area contributed by atoms with Crippen LogP contribution < -0.4 is 68.2 Å². The van der Waals surface area contributed by atoms with Crippen LogP contribution in [0, 0.1) is 5.92 Å². The molecule has 18 atom stereocenters. The number of ether oxygens (including phenoxy) is 6. The third-order valence-electron chi connectivity index (χ3n) is 18.3. The number of phenolic OH excluding ortho intramolecular Hbond substituents is 3. The van der Waals surface area contributed by atoms with E-state index in [9.17, 15) is 87.9 Å². The molecular formula is C68H75Cl2F3N10O24. The fourth-order valence-electron chi connectivity index (χ4n) is 12.8. The van der Waals surface area contributed by atoms with Gasteiger partial charge in [-0.1, -0.05) is 55.2 Å². The van der Waals surface area contributed by atoms with Crippen LogP contribution in [0.4, 0.5) is 13.2 Å². The molecule has 576 valence electrons. The van der Waals surface area contributed by atoms with Crippen molar-refractivity contribution < 1.29 is 131 Å². The largest absolute Gasteiger partial charge is 0.508 e. The number of fused-ring (bicyclic) bond motifs is 15. The van der Waals surface area contributed by atoms with Crippen molar-refractivity contribution in [2.24, 2.45) is 17.4 Å². The Morgan fingerprint density at radius 3 is 1.90 bits per heavy atom. The molecule has 7 aliphatic rings. The van der Waals surface area contributed by atoms with Crippen molar-refractivity contribution >= 4 is 76.4 Å². The molecule has 39 heteroatoms. The minimum atomic E-state index is -5.51. The van der Waals surface area contributed by atoms with Crippen LogP contribution in [0.3, 0.4) is 0 Å². The summed E-state index contributed by atoms with van der Waals surface area (Å²) in [6.07, 6.45) is -26.5. The zero-order chi connectivity index (χ0) is 78.3. The summed E-state index contributed by atoms with van der Waals surface area (Å²) in [6, 6.07) is -2.08. The van der Waals surface area contributed by atoms with Crippen molar-refractivity contribution in [3.63, 3.8) is 0 Å². The fraction of sp³-hybridized carbons (Fsp3) is 0.426. The van der Waals surface area contributed by atoms with Crippen LogP contribution in [0.1, 0.15) is 105 Å². The van der Waals surface area contributed by atoms with E-state index in [0.29, 0.717) is 0 Å². The Balaban J connectivity index is 1.25. The number of aliphatic carboxylic acids is 1. The van der Waals surface area contributed by atoms with E-state index in [-0.39, 0.29) is 29.9 Å². The Bertz CT molecular complexity index is 4330. The molecular weight excluding hydrogens is 1470 g/mol. The average molecular weight is 1540 g/mol. The molecule has 7 aliphatic heterocycles. The number of hydrogen-bond acceptors (Lipinski definition) is 25. The smallest absolute Gasteiger partial charge is 0.471 e. The van der Waals surface area contributed by atoms with E-state index in [4.69, 9.17) is 63.1 Å². The first-order chi connectivity index (χ1) is 50.2. The topological polar surface area (TPSA) is 539 Å². The molecule has 0 saturated carbocycles. The van der Waals surface area contributed by atoms with Crippen LogP contribution in [-0.2, 0) is 57.4 Å². The molecule has 8 amide bonds. The molecule has 11 unspecified atom stereocenters. The second kappa shape index (κ2) is 31.9. The zero-order valence-electron chi connectivity index (χ0n) is 56.9. The first-order valence-electron chi connectivity index (χ1n) is 32.9. The average Bonchev–Trinajstić information content (AvgIpc) is 0.771. The quantitative estimate of drug-likeness (QED) is 0.0731. The normalized spacial score (nSPS) is 28.6. The van der Waals surface area contributed by atoms with Crippen LogP contribution in [0.2, 0.25) is 10.0 Å². The minimum Gasteiger partial charge on any atom is -0.508 e. The van der Waals surface area contributed by atoms with E-state index < -0.39 is 265 Å². The monoisotopic (exact) mass is 1540 g/mol. The number of likely N-dealkylation sites (N-methyl/N-ethyl adjacent to an activating group) is 1. The Labute approximate surface area is 614 Å². The SMILES string of the molecule is CN[C@@H](CC(C)C)C(=O)N[C@H]1C(=O)N[C@@H](CC(N)=O)C(=O)NC2C(=O)NC3C(=O)N[C@H](C(=O)N[C@@H](C(=O)O)c4cc(O)cc(O)c4-c4cc3ccc4O)[C@H](O)c3ccc(c(Cl)c3)Oc3cc2cc(c3OC2OC(CNC(=O)C(F)(F)F)C(O)C(O)C2OC2CC(C)(N)C(O)C(C)O2)Oc2ccc(cc2Cl)[C@H]1O. The first kappa shape index (κ1) is 79.7. The summed E-state index contributed by atoms with van der Waals surface area (Å²) < 4.78 is 79.4. The van der Waals surface area contributed by atoms with Gasteiger partial charge in [-0.25, -0.2) is 4.79 Å². The van der Waals surface area contributed by atoms with Gasteiger partial charge in [0.2, 0.25) is 53.4 Å². The number of alkyl halides is 3. The predicted molar refractivity (Wildman–Crippen MR) is 361 cm³/mol. The lowest BCUT2D eigenvalue weighted by Crippen LogP contribution is -2.65. The number of carboxylic acid groups (broad SMARTS) is 1. The molecule has 11 bridgehead atoms. The highest BCUT2D eigenvalue weighted by atomic mass is 35.5. The molecule has 21 N–H and O–H groups in total. The number of aromatic hydroxyl groups is 3. The maximum absolute atomic E-state index is 16.1. The second-order valence-electron chi connectivity index (χ2n) is 26.7. The summed E-state index contributed by atoms with van der Waals surface area (Å²) in [5, 5.41) is 122. The van der Waals surface area contributed by atoms with Crippen molar-refractivity contribution in [1.29, 1.82) is 0 Å². The third-order valence-corrected chi connectivity index (χ3v) is 18.9. The number of primary amides is 1. The van der Waals surface area contributed by atoms with E-state index in [1.54, 1.807) is 19.2 Å². The number of amides is 8. The van der Waals surface area contributed by atoms with Crippen molar-refractivity contribution in [2.75, 3.05) is 13.6 Å². The van der Waals surface area contributed by atoms with Crippen molar-refractivity contribution in [2.45, 2.75) is 162 Å². The number of nitrogens with two attached hydrogens (primary N) is 2. The van der Waals surface area contributed by atoms with Crippen molar-refractivity contribution in [1.82, 2.24) is 42.5 Å². The molecule has 2 saturated heterocycles. The van der Waals surface area contributed by atoms with Crippen LogP contribution in [0.15, 0.2) is 78.9 Å². The number of carbonyl (C=O) groups is 9. The summed E-state index contributed by atoms with van der Waals surface area (Å²) in [4.78, 5) is 129. The minimum absolute atomic E-state index is 0.139. The number of carbonyl (C=O) groups excluding carboxylic acids is 8. The van der Waals surface area contributed by atoms with E-state index in [0.717, 1.165) is 78.9 Å². The van der Waals surface area contributed by atoms with Crippen LogP contribution in [-0.4, -0.2) is 198 Å². The van der Waals surface area contributed by atoms with Gasteiger partial charge in [-0.15, -0.1) is 0 Å². The molecule has 0 aromatic heterocycles.